The average Bonchev–Trinajstić information content (AvgIpc) is 3.40. The second kappa shape index (κ2) is 11.1. The second-order valence-electron chi connectivity index (χ2n) is 10.3. The average molecular weight is 494 g/mol. The number of ether oxygens (including phenoxy) is 1. The van der Waals surface area contributed by atoms with Crippen LogP contribution in [0.4, 0.5) is 4.39 Å². The molecule has 6 nitrogen and oxygen atoms in total. The summed E-state index contributed by atoms with van der Waals surface area (Å²) in [6.45, 7) is 4.31. The minimum Gasteiger partial charge on any atom is -0.489 e. The molecule has 3 atom stereocenters. The first kappa shape index (κ1) is 24.9. The van der Waals surface area contributed by atoms with Crippen LogP contribution in [-0.4, -0.2) is 39.4 Å². The lowest BCUT2D eigenvalue weighted by molar-refractivity contribution is -0.0250. The molecule has 0 radical (unpaired) electrons. The maximum Gasteiger partial charge on any atom is 0.252 e. The molecule has 5 rings (SSSR count). The van der Waals surface area contributed by atoms with E-state index in [2.05, 4.69) is 22.0 Å². The highest BCUT2D eigenvalue weighted by atomic mass is 19.1. The van der Waals surface area contributed by atoms with Gasteiger partial charge in [-0.25, -0.2) is 4.39 Å². The van der Waals surface area contributed by atoms with Gasteiger partial charge in [-0.05, 0) is 68.0 Å². The van der Waals surface area contributed by atoms with Gasteiger partial charge in [0.2, 0.25) is 5.89 Å². The first-order valence-electron chi connectivity index (χ1n) is 13.3. The maximum atomic E-state index is 13.3. The van der Waals surface area contributed by atoms with Gasteiger partial charge in [-0.2, -0.15) is 0 Å². The lowest BCUT2D eigenvalue weighted by atomic mass is 9.73. The lowest BCUT2D eigenvalue weighted by Crippen LogP contribution is -2.46. The van der Waals surface area contributed by atoms with Crippen LogP contribution in [0.15, 0.2) is 59.0 Å². The number of likely N-dealkylation sites (tertiary alicyclic amines) is 1. The summed E-state index contributed by atoms with van der Waals surface area (Å²) in [5.74, 6) is 1.69. The second-order valence-corrected chi connectivity index (χ2v) is 10.3. The van der Waals surface area contributed by atoms with E-state index in [1.807, 2.05) is 30.3 Å². The van der Waals surface area contributed by atoms with Crippen LogP contribution in [0, 0.1) is 17.7 Å². The Hall–Kier alpha value is -2.77. The predicted molar refractivity (Wildman–Crippen MR) is 135 cm³/mol. The van der Waals surface area contributed by atoms with E-state index in [1.165, 1.54) is 18.6 Å². The molecule has 3 unspecified atom stereocenters. The van der Waals surface area contributed by atoms with Gasteiger partial charge < -0.3 is 14.3 Å². The van der Waals surface area contributed by atoms with Gasteiger partial charge in [0.05, 0.1) is 6.54 Å². The van der Waals surface area contributed by atoms with Crippen molar-refractivity contribution in [2.75, 3.05) is 13.1 Å². The molecule has 7 heteroatoms. The fraction of sp³-hybridized carbons (Fsp3) is 0.517. The minimum absolute atomic E-state index is 0.0000862. The predicted octanol–water partition coefficient (Wildman–Crippen LogP) is 5.70. The Morgan fingerprint density at radius 3 is 2.50 bits per heavy atom. The Morgan fingerprint density at radius 1 is 1.03 bits per heavy atom. The summed E-state index contributed by atoms with van der Waals surface area (Å²) in [5, 5.41) is 20.8. The van der Waals surface area contributed by atoms with Crippen LogP contribution < -0.4 is 4.74 Å². The number of rotatable bonds is 8. The quantitative estimate of drug-likeness (QED) is 0.434. The van der Waals surface area contributed by atoms with E-state index in [0.29, 0.717) is 24.1 Å². The standard InChI is InChI=1S/C29H36FN3O3/c1-2-21-17-18-33(19-26(21)35-25-15-13-24(30)14-16-25)20-27-31-32-28(36-27)29(34,22-9-5-3-6-10-22)23-11-7-4-8-12-23/h3,5-6,9-10,13-16,21,23,26,34H,2,4,7-8,11-12,17-20H2,1H3. The van der Waals surface area contributed by atoms with Crippen LogP contribution in [0.25, 0.3) is 0 Å². The molecule has 36 heavy (non-hydrogen) atoms. The van der Waals surface area contributed by atoms with E-state index < -0.39 is 5.60 Å². The van der Waals surface area contributed by atoms with Crippen LogP contribution in [0.3, 0.4) is 0 Å². The van der Waals surface area contributed by atoms with Crippen LogP contribution in [-0.2, 0) is 12.1 Å². The van der Waals surface area contributed by atoms with E-state index in [4.69, 9.17) is 9.15 Å². The van der Waals surface area contributed by atoms with E-state index in [-0.39, 0.29) is 23.7 Å². The molecular weight excluding hydrogens is 457 g/mol. The molecule has 3 aromatic rings. The highest BCUT2D eigenvalue weighted by molar-refractivity contribution is 5.29. The molecule has 2 aromatic carbocycles. The van der Waals surface area contributed by atoms with Crippen molar-refractivity contribution in [1.29, 1.82) is 0 Å². The van der Waals surface area contributed by atoms with Gasteiger partial charge in [-0.1, -0.05) is 56.5 Å². The Bertz CT molecular complexity index is 1100. The summed E-state index contributed by atoms with van der Waals surface area (Å²) < 4.78 is 25.8. The number of aliphatic hydroxyl groups is 1. The fourth-order valence-corrected chi connectivity index (χ4v) is 5.87. The van der Waals surface area contributed by atoms with Gasteiger partial charge in [0.25, 0.3) is 5.89 Å². The smallest absolute Gasteiger partial charge is 0.252 e. The first-order valence-corrected chi connectivity index (χ1v) is 13.3. The largest absolute Gasteiger partial charge is 0.489 e. The number of aromatic nitrogens is 2. The molecule has 1 saturated heterocycles. The highest BCUT2D eigenvalue weighted by Gasteiger charge is 2.45. The monoisotopic (exact) mass is 493 g/mol. The summed E-state index contributed by atoms with van der Waals surface area (Å²) >= 11 is 0. The maximum absolute atomic E-state index is 13.3. The zero-order valence-electron chi connectivity index (χ0n) is 21.0. The lowest BCUT2D eigenvalue weighted by Gasteiger charge is -2.37. The molecule has 1 N–H and O–H groups in total. The molecule has 1 aliphatic carbocycles. The normalized spacial score (nSPS) is 23.3. The van der Waals surface area contributed by atoms with Crippen molar-refractivity contribution >= 4 is 0 Å². The van der Waals surface area contributed by atoms with E-state index in [1.54, 1.807) is 12.1 Å². The number of piperidine rings is 1. The summed E-state index contributed by atoms with van der Waals surface area (Å²) in [7, 11) is 0. The van der Waals surface area contributed by atoms with Crippen molar-refractivity contribution in [3.05, 3.63) is 77.8 Å². The summed E-state index contributed by atoms with van der Waals surface area (Å²) in [6.07, 6.45) is 7.30. The van der Waals surface area contributed by atoms with Gasteiger partial charge in [-0.15, -0.1) is 10.2 Å². The summed E-state index contributed by atoms with van der Waals surface area (Å²) in [4.78, 5) is 2.26. The van der Waals surface area contributed by atoms with Gasteiger partial charge in [-0.3, -0.25) is 4.90 Å². The van der Waals surface area contributed by atoms with Crippen LogP contribution >= 0.6 is 0 Å². The van der Waals surface area contributed by atoms with E-state index in [0.717, 1.165) is 57.2 Å². The molecule has 192 valence electrons. The zero-order chi connectivity index (χ0) is 25.0. The first-order chi connectivity index (χ1) is 17.6. The van der Waals surface area contributed by atoms with Crippen molar-refractivity contribution in [3.8, 4) is 5.75 Å². The van der Waals surface area contributed by atoms with Gasteiger partial charge >= 0.3 is 0 Å². The Morgan fingerprint density at radius 2 is 1.78 bits per heavy atom. The van der Waals surface area contributed by atoms with Crippen LogP contribution in [0.5, 0.6) is 5.75 Å². The van der Waals surface area contributed by atoms with Gasteiger partial charge in [0.15, 0.2) is 5.60 Å². The Balaban J connectivity index is 1.32. The SMILES string of the molecule is CCC1CCN(Cc2nnc(C(O)(c3ccccc3)C3CCCCC3)o2)CC1Oc1ccc(F)cc1. The fourth-order valence-electron chi connectivity index (χ4n) is 5.87. The van der Waals surface area contributed by atoms with Crippen molar-refractivity contribution in [2.24, 2.45) is 11.8 Å². The molecule has 1 saturated carbocycles. The molecule has 1 aliphatic heterocycles. The highest BCUT2D eigenvalue weighted by Crippen LogP contribution is 2.43. The van der Waals surface area contributed by atoms with Crippen molar-refractivity contribution < 1.29 is 18.7 Å². The van der Waals surface area contributed by atoms with Gasteiger partial charge in [0.1, 0.15) is 17.7 Å². The molecule has 0 spiro atoms. The number of hydrogen-bond donors (Lipinski definition) is 1. The summed E-state index contributed by atoms with van der Waals surface area (Å²) in [5.41, 5.74) is -0.472. The number of hydrogen-bond acceptors (Lipinski definition) is 6. The molecule has 0 bridgehead atoms. The zero-order valence-corrected chi connectivity index (χ0v) is 21.0. The van der Waals surface area contributed by atoms with Crippen LogP contribution in [0.2, 0.25) is 0 Å². The summed E-state index contributed by atoms with van der Waals surface area (Å²) in [6, 6.07) is 16.0. The number of benzene rings is 2. The third kappa shape index (κ3) is 5.32. The van der Waals surface area contributed by atoms with Crippen molar-refractivity contribution in [1.82, 2.24) is 15.1 Å². The van der Waals surface area contributed by atoms with Gasteiger partial charge in [0, 0.05) is 12.5 Å². The van der Waals surface area contributed by atoms with E-state index >= 15 is 0 Å². The third-order valence-corrected chi connectivity index (χ3v) is 7.97. The molecule has 0 amide bonds. The third-order valence-electron chi connectivity index (χ3n) is 7.97. The van der Waals surface area contributed by atoms with Crippen LogP contribution in [0.1, 0.15) is 69.2 Å². The molecule has 2 fully saturated rings. The molecular formula is C29H36FN3O3. The minimum atomic E-state index is -1.28. The number of halogens is 1. The molecule has 2 aliphatic rings. The van der Waals surface area contributed by atoms with Crippen molar-refractivity contribution in [2.45, 2.75) is 70.1 Å². The van der Waals surface area contributed by atoms with Crippen molar-refractivity contribution in [3.63, 3.8) is 0 Å². The Kier molecular flexibility index (Phi) is 7.67. The number of nitrogens with zero attached hydrogens (tertiary/aromatic N) is 3. The topological polar surface area (TPSA) is 71.6 Å². The van der Waals surface area contributed by atoms with E-state index in [9.17, 15) is 9.50 Å². The molecule has 1 aromatic heterocycles. The molecule has 2 heterocycles. The Labute approximate surface area is 212 Å².